The number of aromatic amines is 1. The monoisotopic (exact) mass is 551 g/mol. The number of hydrogen-bond acceptors (Lipinski definition) is 4. The summed E-state index contributed by atoms with van der Waals surface area (Å²) in [4.78, 5) is 42.7. The highest BCUT2D eigenvalue weighted by atomic mass is 16.2. The van der Waals surface area contributed by atoms with Crippen LogP contribution in [0.5, 0.6) is 0 Å². The first-order valence-electron chi connectivity index (χ1n) is 14.3. The van der Waals surface area contributed by atoms with Gasteiger partial charge in [0.1, 0.15) is 12.1 Å². The van der Waals surface area contributed by atoms with Crippen molar-refractivity contribution in [2.45, 2.75) is 50.7 Å². The number of carbonyl (C=O) groups is 3. The van der Waals surface area contributed by atoms with Crippen molar-refractivity contribution in [1.29, 1.82) is 0 Å². The molecule has 41 heavy (non-hydrogen) atoms. The number of benzene rings is 3. The average Bonchev–Trinajstić information content (AvgIpc) is 3.40. The third-order valence-corrected chi connectivity index (χ3v) is 7.66. The number of rotatable bonds is 11. The molecule has 0 spiro atoms. The largest absolute Gasteiger partial charge is 0.361 e. The molecule has 2 heterocycles. The number of hydrogen-bond donors (Lipinski definition) is 5. The normalized spacial score (nSPS) is 15.9. The van der Waals surface area contributed by atoms with Gasteiger partial charge in [0.2, 0.25) is 17.7 Å². The molecule has 3 aromatic carbocycles. The van der Waals surface area contributed by atoms with Crippen molar-refractivity contribution in [2.24, 2.45) is 0 Å². The molecule has 3 amide bonds. The van der Waals surface area contributed by atoms with E-state index in [4.69, 9.17) is 0 Å². The molecule has 0 saturated heterocycles. The van der Waals surface area contributed by atoms with Crippen molar-refractivity contribution in [2.75, 3.05) is 13.1 Å². The maximum atomic E-state index is 13.3. The second kappa shape index (κ2) is 13.3. The fraction of sp³-hybridized carbons (Fsp3) is 0.303. The molecule has 4 aromatic rings. The fourth-order valence-corrected chi connectivity index (χ4v) is 5.45. The van der Waals surface area contributed by atoms with Gasteiger partial charge in [0, 0.05) is 42.5 Å². The highest BCUT2D eigenvalue weighted by molar-refractivity contribution is 5.93. The minimum Gasteiger partial charge on any atom is -0.361 e. The fourth-order valence-electron chi connectivity index (χ4n) is 5.45. The van der Waals surface area contributed by atoms with Crippen LogP contribution in [0, 0.1) is 0 Å². The van der Waals surface area contributed by atoms with Crippen LogP contribution in [0.2, 0.25) is 0 Å². The molecule has 1 aliphatic heterocycles. The van der Waals surface area contributed by atoms with Gasteiger partial charge >= 0.3 is 0 Å². The van der Waals surface area contributed by atoms with Crippen LogP contribution in [0.4, 0.5) is 0 Å². The molecular formula is C33H37N5O3. The van der Waals surface area contributed by atoms with Crippen LogP contribution >= 0.6 is 0 Å². The Hall–Kier alpha value is -4.43. The predicted octanol–water partition coefficient (Wildman–Crippen LogP) is 3.34. The number of amides is 3. The number of H-pyrrole nitrogens is 1. The van der Waals surface area contributed by atoms with E-state index in [9.17, 15) is 14.4 Å². The van der Waals surface area contributed by atoms with Gasteiger partial charge in [0.15, 0.2) is 0 Å². The minimum absolute atomic E-state index is 0.0970. The zero-order valence-electron chi connectivity index (χ0n) is 23.3. The minimum atomic E-state index is -0.802. The van der Waals surface area contributed by atoms with Gasteiger partial charge in [-0.1, -0.05) is 72.8 Å². The molecule has 3 atom stereocenters. The van der Waals surface area contributed by atoms with Crippen LogP contribution in [0.15, 0.2) is 85.1 Å². The van der Waals surface area contributed by atoms with Crippen LogP contribution in [0.25, 0.3) is 10.9 Å². The number of nitrogens with one attached hydrogen (secondary N) is 5. The van der Waals surface area contributed by atoms with Gasteiger partial charge in [-0.25, -0.2) is 0 Å². The Labute approximate surface area is 240 Å². The second-order valence-corrected chi connectivity index (χ2v) is 10.6. The van der Waals surface area contributed by atoms with Gasteiger partial charge in [0.05, 0.1) is 0 Å². The highest BCUT2D eigenvalue weighted by Crippen LogP contribution is 2.25. The Morgan fingerprint density at radius 3 is 2.51 bits per heavy atom. The first-order chi connectivity index (χ1) is 20.0. The Kier molecular flexibility index (Phi) is 9.11. The van der Waals surface area contributed by atoms with Crippen molar-refractivity contribution in [1.82, 2.24) is 26.3 Å². The van der Waals surface area contributed by atoms with Crippen LogP contribution in [-0.2, 0) is 33.6 Å². The lowest BCUT2D eigenvalue weighted by Gasteiger charge is -2.27. The summed E-state index contributed by atoms with van der Waals surface area (Å²) in [6.45, 7) is 2.90. The maximum Gasteiger partial charge on any atom is 0.242 e. The lowest BCUT2D eigenvalue weighted by molar-refractivity contribution is -0.131. The quantitative estimate of drug-likeness (QED) is 0.197. The summed E-state index contributed by atoms with van der Waals surface area (Å²) >= 11 is 0. The zero-order chi connectivity index (χ0) is 28.6. The summed E-state index contributed by atoms with van der Waals surface area (Å²) in [5.74, 6) is -0.887. The van der Waals surface area contributed by atoms with Crippen molar-refractivity contribution in [3.8, 4) is 0 Å². The van der Waals surface area contributed by atoms with Crippen LogP contribution in [0.3, 0.4) is 0 Å². The first kappa shape index (κ1) is 28.1. The van der Waals surface area contributed by atoms with Crippen molar-refractivity contribution in [3.63, 3.8) is 0 Å². The SMILES string of the molecule is C[C@H](NC(=O)CC1NCCc2ccccc21)C(=O)N[C@@H](Cc1c[nH]c2ccccc12)C(=O)NCCc1ccccc1. The molecule has 8 nitrogen and oxygen atoms in total. The van der Waals surface area contributed by atoms with E-state index in [1.807, 2.05) is 79.0 Å². The smallest absolute Gasteiger partial charge is 0.242 e. The molecule has 0 fully saturated rings. The summed E-state index contributed by atoms with van der Waals surface area (Å²) in [5, 5.41) is 13.1. The van der Waals surface area contributed by atoms with Gasteiger partial charge in [-0.2, -0.15) is 0 Å². The Morgan fingerprint density at radius 1 is 0.902 bits per heavy atom. The number of fused-ring (bicyclic) bond motifs is 2. The summed E-state index contributed by atoms with van der Waals surface area (Å²) in [6, 6.07) is 24.2. The molecule has 1 aromatic heterocycles. The molecule has 5 rings (SSSR count). The predicted molar refractivity (Wildman–Crippen MR) is 160 cm³/mol. The summed E-state index contributed by atoms with van der Waals surface area (Å²) in [7, 11) is 0. The highest BCUT2D eigenvalue weighted by Gasteiger charge is 2.27. The van der Waals surface area contributed by atoms with E-state index in [0.717, 1.165) is 40.6 Å². The average molecular weight is 552 g/mol. The Balaban J connectivity index is 1.22. The van der Waals surface area contributed by atoms with Crippen molar-refractivity contribution >= 4 is 28.6 Å². The third kappa shape index (κ3) is 7.21. The first-order valence-corrected chi connectivity index (χ1v) is 14.3. The molecule has 1 unspecified atom stereocenters. The molecule has 0 bridgehead atoms. The summed E-state index contributed by atoms with van der Waals surface area (Å²) < 4.78 is 0. The van der Waals surface area contributed by atoms with E-state index in [0.29, 0.717) is 19.4 Å². The topological polar surface area (TPSA) is 115 Å². The van der Waals surface area contributed by atoms with Gasteiger partial charge in [-0.15, -0.1) is 0 Å². The van der Waals surface area contributed by atoms with Gasteiger partial charge < -0.3 is 26.3 Å². The van der Waals surface area contributed by atoms with E-state index in [2.05, 4.69) is 32.3 Å². The molecule has 5 N–H and O–H groups in total. The van der Waals surface area contributed by atoms with E-state index < -0.39 is 18.0 Å². The van der Waals surface area contributed by atoms with Crippen molar-refractivity contribution < 1.29 is 14.4 Å². The second-order valence-electron chi connectivity index (χ2n) is 10.6. The van der Waals surface area contributed by atoms with E-state index >= 15 is 0 Å². The van der Waals surface area contributed by atoms with Gasteiger partial charge in [-0.05, 0) is 54.6 Å². The molecule has 0 aliphatic carbocycles. The maximum absolute atomic E-state index is 13.3. The summed E-state index contributed by atoms with van der Waals surface area (Å²) in [6.07, 6.45) is 4.04. The zero-order valence-corrected chi connectivity index (χ0v) is 23.3. The van der Waals surface area contributed by atoms with Gasteiger partial charge in [-0.3, -0.25) is 14.4 Å². The summed E-state index contributed by atoms with van der Waals surface area (Å²) in [5.41, 5.74) is 5.39. The number of aromatic nitrogens is 1. The third-order valence-electron chi connectivity index (χ3n) is 7.66. The van der Waals surface area contributed by atoms with E-state index in [1.165, 1.54) is 5.56 Å². The molecule has 0 radical (unpaired) electrons. The molecular weight excluding hydrogens is 514 g/mol. The molecule has 8 heteroatoms. The molecule has 212 valence electrons. The van der Waals surface area contributed by atoms with Crippen LogP contribution in [-0.4, -0.2) is 47.9 Å². The van der Waals surface area contributed by atoms with Crippen molar-refractivity contribution in [3.05, 3.63) is 107 Å². The number of para-hydroxylation sites is 1. The molecule has 0 saturated carbocycles. The Bertz CT molecular complexity index is 1500. The van der Waals surface area contributed by atoms with Gasteiger partial charge in [0.25, 0.3) is 0 Å². The van der Waals surface area contributed by atoms with E-state index in [1.54, 1.807) is 6.92 Å². The lowest BCUT2D eigenvalue weighted by atomic mass is 9.92. The molecule has 1 aliphatic rings. The number of carbonyl (C=O) groups excluding carboxylic acids is 3. The van der Waals surface area contributed by atoms with Crippen LogP contribution < -0.4 is 21.3 Å². The Morgan fingerprint density at radius 2 is 1.66 bits per heavy atom. The standard InChI is InChI=1S/C33H37N5O3/c1-22(37-31(39)20-29-26-12-6-5-11-24(26)16-18-34-29)32(40)38-30(19-25-21-36-28-14-8-7-13-27(25)28)33(41)35-17-15-23-9-3-2-4-10-23/h2-14,21-22,29-30,34,36H,15-20H2,1H3,(H,35,41)(H,37,39)(H,38,40)/t22-,29?,30-/m0/s1. The lowest BCUT2D eigenvalue weighted by Crippen LogP contribution is -2.54. The van der Waals surface area contributed by atoms with E-state index in [-0.39, 0.29) is 24.3 Å². The van der Waals surface area contributed by atoms with Crippen LogP contribution in [0.1, 0.15) is 41.6 Å².